The van der Waals surface area contributed by atoms with Crippen LogP contribution < -0.4 is 15.4 Å². The Morgan fingerprint density at radius 2 is 2.00 bits per heavy atom. The van der Waals surface area contributed by atoms with Gasteiger partial charge in [0.1, 0.15) is 0 Å². The summed E-state index contributed by atoms with van der Waals surface area (Å²) >= 11 is 5.74. The number of benzene rings is 1. The van der Waals surface area contributed by atoms with Gasteiger partial charge in [0, 0.05) is 31.2 Å². The van der Waals surface area contributed by atoms with Crippen LogP contribution in [0.5, 0.6) is 0 Å². The molecule has 0 radical (unpaired) electrons. The SMILES string of the molecule is O=S(=O)(NCCNC[C@@]1(O)CCCNC1)c1ccc(Cl)cc1. The Bertz CT molecular complexity index is 572. The maximum Gasteiger partial charge on any atom is 0.240 e. The molecule has 1 heterocycles. The lowest BCUT2D eigenvalue weighted by Crippen LogP contribution is -2.52. The quantitative estimate of drug-likeness (QED) is 0.533. The second kappa shape index (κ2) is 7.72. The molecular formula is C14H22ClN3O3S. The summed E-state index contributed by atoms with van der Waals surface area (Å²) in [7, 11) is -3.52. The summed E-state index contributed by atoms with van der Waals surface area (Å²) in [5.41, 5.74) is -0.743. The third-order valence-electron chi connectivity index (χ3n) is 3.62. The van der Waals surface area contributed by atoms with Crippen LogP contribution in [0, 0.1) is 0 Å². The summed E-state index contributed by atoms with van der Waals surface area (Å²) in [4.78, 5) is 0.187. The van der Waals surface area contributed by atoms with Gasteiger partial charge in [0.25, 0.3) is 0 Å². The fraction of sp³-hybridized carbons (Fsp3) is 0.571. The van der Waals surface area contributed by atoms with Crippen molar-refractivity contribution in [2.24, 2.45) is 0 Å². The Balaban J connectivity index is 1.72. The Morgan fingerprint density at radius 3 is 2.64 bits per heavy atom. The van der Waals surface area contributed by atoms with Gasteiger partial charge in [0.2, 0.25) is 10.0 Å². The highest BCUT2D eigenvalue weighted by atomic mass is 35.5. The molecular weight excluding hydrogens is 326 g/mol. The summed E-state index contributed by atoms with van der Waals surface area (Å²) in [6.45, 7) is 2.66. The second-order valence-corrected chi connectivity index (χ2v) is 7.74. The lowest BCUT2D eigenvalue weighted by atomic mass is 9.94. The second-order valence-electron chi connectivity index (χ2n) is 5.53. The Morgan fingerprint density at radius 1 is 1.27 bits per heavy atom. The smallest absolute Gasteiger partial charge is 0.240 e. The van der Waals surface area contributed by atoms with E-state index in [1.165, 1.54) is 12.1 Å². The van der Waals surface area contributed by atoms with Crippen molar-refractivity contribution in [2.75, 3.05) is 32.7 Å². The van der Waals surface area contributed by atoms with Crippen LogP contribution in [0.3, 0.4) is 0 Å². The molecule has 1 fully saturated rings. The standard InChI is InChI=1S/C14H22ClN3O3S/c15-12-2-4-13(5-3-12)22(20,21)18-9-8-17-11-14(19)6-1-7-16-10-14/h2-5,16-19H,1,6-11H2/t14-/m1/s1. The molecule has 1 aromatic carbocycles. The molecule has 0 unspecified atom stereocenters. The molecule has 4 N–H and O–H groups in total. The molecule has 0 bridgehead atoms. The highest BCUT2D eigenvalue weighted by molar-refractivity contribution is 7.89. The molecule has 1 aliphatic heterocycles. The van der Waals surface area contributed by atoms with Crippen molar-refractivity contribution >= 4 is 21.6 Å². The van der Waals surface area contributed by atoms with Gasteiger partial charge in [-0.2, -0.15) is 0 Å². The number of piperidine rings is 1. The number of sulfonamides is 1. The fourth-order valence-corrected chi connectivity index (χ4v) is 3.55. The van der Waals surface area contributed by atoms with Gasteiger partial charge in [-0.05, 0) is 43.7 Å². The van der Waals surface area contributed by atoms with Crippen LogP contribution in [0.4, 0.5) is 0 Å². The van der Waals surface area contributed by atoms with Crippen LogP contribution in [0.2, 0.25) is 5.02 Å². The lowest BCUT2D eigenvalue weighted by Gasteiger charge is -2.32. The average molecular weight is 348 g/mol. The minimum atomic E-state index is -3.52. The van der Waals surface area contributed by atoms with Crippen molar-refractivity contribution in [3.63, 3.8) is 0 Å². The molecule has 0 spiro atoms. The van der Waals surface area contributed by atoms with E-state index in [-0.39, 0.29) is 11.4 Å². The van der Waals surface area contributed by atoms with Crippen molar-refractivity contribution in [2.45, 2.75) is 23.3 Å². The van der Waals surface area contributed by atoms with Gasteiger partial charge in [-0.25, -0.2) is 13.1 Å². The number of hydrogen-bond donors (Lipinski definition) is 4. The molecule has 22 heavy (non-hydrogen) atoms. The van der Waals surface area contributed by atoms with E-state index in [1.54, 1.807) is 12.1 Å². The molecule has 6 nitrogen and oxygen atoms in total. The molecule has 8 heteroatoms. The highest BCUT2D eigenvalue weighted by Gasteiger charge is 2.28. The van der Waals surface area contributed by atoms with Gasteiger partial charge in [0.15, 0.2) is 0 Å². The summed E-state index contributed by atoms with van der Waals surface area (Å²) in [6.07, 6.45) is 1.70. The molecule has 0 saturated carbocycles. The van der Waals surface area contributed by atoms with E-state index in [4.69, 9.17) is 11.6 Å². The van der Waals surface area contributed by atoms with E-state index >= 15 is 0 Å². The van der Waals surface area contributed by atoms with Gasteiger partial charge in [0.05, 0.1) is 10.5 Å². The molecule has 1 aromatic rings. The number of β-amino-alcohol motifs (C(OH)–C–C–N with tert-alkyl or cyclic N) is 1. The van der Waals surface area contributed by atoms with Crippen LogP contribution in [0.1, 0.15) is 12.8 Å². The van der Waals surface area contributed by atoms with Crippen LogP contribution in [0.15, 0.2) is 29.2 Å². The molecule has 1 aliphatic rings. The largest absolute Gasteiger partial charge is 0.387 e. The van der Waals surface area contributed by atoms with Crippen LogP contribution in [-0.4, -0.2) is 51.8 Å². The molecule has 1 atom stereocenters. The molecule has 124 valence electrons. The number of rotatable bonds is 7. The van der Waals surface area contributed by atoms with Gasteiger partial charge < -0.3 is 15.7 Å². The molecule has 1 saturated heterocycles. The van der Waals surface area contributed by atoms with Crippen molar-refractivity contribution < 1.29 is 13.5 Å². The number of nitrogens with one attached hydrogen (secondary N) is 3. The van der Waals surface area contributed by atoms with Crippen LogP contribution in [-0.2, 0) is 10.0 Å². The van der Waals surface area contributed by atoms with E-state index in [0.29, 0.717) is 24.7 Å². The van der Waals surface area contributed by atoms with Crippen LogP contribution in [0.25, 0.3) is 0 Å². The lowest BCUT2D eigenvalue weighted by molar-refractivity contribution is 0.0175. The zero-order valence-electron chi connectivity index (χ0n) is 12.3. The molecule has 2 rings (SSSR count). The van der Waals surface area contributed by atoms with Crippen molar-refractivity contribution in [1.82, 2.24) is 15.4 Å². The van der Waals surface area contributed by atoms with Crippen molar-refractivity contribution in [1.29, 1.82) is 0 Å². The van der Waals surface area contributed by atoms with Gasteiger partial charge >= 0.3 is 0 Å². The molecule has 0 aliphatic carbocycles. The topological polar surface area (TPSA) is 90.5 Å². The average Bonchev–Trinajstić information content (AvgIpc) is 2.48. The first-order chi connectivity index (χ1) is 10.4. The zero-order chi connectivity index (χ0) is 16.1. The summed E-state index contributed by atoms with van der Waals surface area (Å²) in [5.74, 6) is 0. The Hall–Kier alpha value is -0.700. The maximum atomic E-state index is 12.0. The normalized spacial score (nSPS) is 22.6. The predicted octanol–water partition coefficient (Wildman–Crippen LogP) is 0.322. The maximum absolute atomic E-state index is 12.0. The fourth-order valence-electron chi connectivity index (χ4n) is 2.39. The summed E-state index contributed by atoms with van der Waals surface area (Å²) in [5, 5.41) is 17.0. The van der Waals surface area contributed by atoms with Crippen LogP contribution >= 0.6 is 11.6 Å². The van der Waals surface area contributed by atoms with Crippen molar-refractivity contribution in [3.05, 3.63) is 29.3 Å². The first kappa shape index (κ1) is 17.7. The minimum Gasteiger partial charge on any atom is -0.387 e. The van der Waals surface area contributed by atoms with Gasteiger partial charge in [-0.3, -0.25) is 0 Å². The summed E-state index contributed by atoms with van der Waals surface area (Å²) < 4.78 is 26.6. The monoisotopic (exact) mass is 347 g/mol. The van der Waals surface area contributed by atoms with E-state index < -0.39 is 15.6 Å². The summed E-state index contributed by atoms with van der Waals surface area (Å²) in [6, 6.07) is 6.02. The first-order valence-corrected chi connectivity index (χ1v) is 9.17. The van der Waals surface area contributed by atoms with E-state index in [1.807, 2.05) is 0 Å². The number of aliphatic hydroxyl groups is 1. The molecule has 0 aromatic heterocycles. The molecule has 0 amide bonds. The number of hydrogen-bond acceptors (Lipinski definition) is 5. The van der Waals surface area contributed by atoms with E-state index in [2.05, 4.69) is 15.4 Å². The number of halogens is 1. The Labute approximate surface area is 136 Å². The van der Waals surface area contributed by atoms with E-state index in [9.17, 15) is 13.5 Å². The van der Waals surface area contributed by atoms with Crippen molar-refractivity contribution in [3.8, 4) is 0 Å². The third kappa shape index (κ3) is 5.19. The minimum absolute atomic E-state index is 0.187. The van der Waals surface area contributed by atoms with Gasteiger partial charge in [-0.15, -0.1) is 0 Å². The zero-order valence-corrected chi connectivity index (χ0v) is 13.9. The Kier molecular flexibility index (Phi) is 6.19. The first-order valence-electron chi connectivity index (χ1n) is 7.30. The third-order valence-corrected chi connectivity index (χ3v) is 5.35. The predicted molar refractivity (Wildman–Crippen MR) is 86.6 cm³/mol. The van der Waals surface area contributed by atoms with E-state index in [0.717, 1.165) is 19.4 Å². The van der Waals surface area contributed by atoms with Gasteiger partial charge in [-0.1, -0.05) is 11.6 Å². The highest BCUT2D eigenvalue weighted by Crippen LogP contribution is 2.15.